The van der Waals surface area contributed by atoms with Crippen molar-refractivity contribution in [2.45, 2.75) is 30.4 Å². The van der Waals surface area contributed by atoms with E-state index in [-0.39, 0.29) is 11.2 Å². The maximum Gasteiger partial charge on any atom is 0.306 e. The monoisotopic (exact) mass is 225 g/mol. The molecule has 0 aliphatic rings. The zero-order chi connectivity index (χ0) is 11.1. The van der Waals surface area contributed by atoms with Crippen molar-refractivity contribution < 1.29 is 9.53 Å². The Bertz CT molecular complexity index is 303. The van der Waals surface area contributed by atoms with Crippen LogP contribution in [0.1, 0.15) is 20.3 Å². The first-order chi connectivity index (χ1) is 7.22. The molecule has 1 aromatic rings. The molecule has 0 amide bonds. The Morgan fingerprint density at radius 3 is 2.80 bits per heavy atom. The Balaban J connectivity index is 2.36. The van der Waals surface area contributed by atoms with E-state index in [1.165, 1.54) is 0 Å². The number of hydrogen-bond donors (Lipinski definition) is 0. The molecule has 0 spiro atoms. The first-order valence-electron chi connectivity index (χ1n) is 4.94. The van der Waals surface area contributed by atoms with Crippen LogP contribution in [0.15, 0.2) is 29.4 Å². The van der Waals surface area contributed by atoms with Crippen LogP contribution in [-0.2, 0) is 9.53 Å². The van der Waals surface area contributed by atoms with E-state index < -0.39 is 0 Å². The number of aromatic nitrogens is 1. The molecule has 1 aromatic heterocycles. The third-order valence-corrected chi connectivity index (χ3v) is 2.86. The van der Waals surface area contributed by atoms with Crippen LogP contribution in [0.5, 0.6) is 0 Å². The fourth-order valence-corrected chi connectivity index (χ4v) is 2.11. The average Bonchev–Trinajstić information content (AvgIpc) is 2.19. The molecule has 0 N–H and O–H groups in total. The van der Waals surface area contributed by atoms with Crippen LogP contribution in [-0.4, -0.2) is 22.8 Å². The number of ether oxygens (including phenoxy) is 1. The molecular weight excluding hydrogens is 210 g/mol. The highest BCUT2D eigenvalue weighted by Crippen LogP contribution is 2.24. The number of carbonyl (C=O) groups is 1. The second-order valence-corrected chi connectivity index (χ2v) is 4.63. The minimum atomic E-state index is -0.133. The SMILES string of the molecule is CCOC(=O)CC(C)Sc1ccncc1. The van der Waals surface area contributed by atoms with Crippen molar-refractivity contribution in [2.75, 3.05) is 6.61 Å². The van der Waals surface area contributed by atoms with Gasteiger partial charge in [0.05, 0.1) is 13.0 Å². The standard InChI is InChI=1S/C11H15NO2S/c1-3-14-11(13)8-9(2)15-10-4-6-12-7-5-10/h4-7,9H,3,8H2,1-2H3. The normalized spacial score (nSPS) is 12.1. The van der Waals surface area contributed by atoms with Gasteiger partial charge in [-0.05, 0) is 19.1 Å². The number of esters is 1. The van der Waals surface area contributed by atoms with Crippen LogP contribution >= 0.6 is 11.8 Å². The van der Waals surface area contributed by atoms with E-state index in [9.17, 15) is 4.79 Å². The fourth-order valence-electron chi connectivity index (χ4n) is 1.15. The van der Waals surface area contributed by atoms with Crippen molar-refractivity contribution in [3.63, 3.8) is 0 Å². The van der Waals surface area contributed by atoms with E-state index >= 15 is 0 Å². The smallest absolute Gasteiger partial charge is 0.306 e. The second-order valence-electron chi connectivity index (χ2n) is 3.12. The molecule has 0 bridgehead atoms. The summed E-state index contributed by atoms with van der Waals surface area (Å²) in [6.45, 7) is 4.28. The molecule has 0 aromatic carbocycles. The van der Waals surface area contributed by atoms with Crippen LogP contribution in [0, 0.1) is 0 Å². The maximum absolute atomic E-state index is 11.2. The van der Waals surface area contributed by atoms with E-state index in [1.807, 2.05) is 26.0 Å². The summed E-state index contributed by atoms with van der Waals surface area (Å²) in [6, 6.07) is 3.87. The van der Waals surface area contributed by atoms with Crippen LogP contribution < -0.4 is 0 Å². The summed E-state index contributed by atoms with van der Waals surface area (Å²) in [6.07, 6.45) is 3.94. The van der Waals surface area contributed by atoms with Gasteiger partial charge in [0, 0.05) is 22.5 Å². The van der Waals surface area contributed by atoms with Gasteiger partial charge in [-0.1, -0.05) is 6.92 Å². The fraction of sp³-hybridized carbons (Fsp3) is 0.455. The van der Waals surface area contributed by atoms with Crippen molar-refractivity contribution >= 4 is 17.7 Å². The van der Waals surface area contributed by atoms with Gasteiger partial charge in [-0.25, -0.2) is 0 Å². The Morgan fingerprint density at radius 1 is 1.53 bits per heavy atom. The summed E-state index contributed by atoms with van der Waals surface area (Å²) in [5.74, 6) is -0.133. The van der Waals surface area contributed by atoms with Gasteiger partial charge in [0.15, 0.2) is 0 Å². The zero-order valence-electron chi connectivity index (χ0n) is 8.97. The first-order valence-corrected chi connectivity index (χ1v) is 5.82. The van der Waals surface area contributed by atoms with Gasteiger partial charge in [-0.3, -0.25) is 9.78 Å². The first kappa shape index (κ1) is 12.0. The molecule has 0 radical (unpaired) electrons. The van der Waals surface area contributed by atoms with Crippen LogP contribution in [0.3, 0.4) is 0 Å². The van der Waals surface area contributed by atoms with Crippen LogP contribution in [0.25, 0.3) is 0 Å². The number of hydrogen-bond acceptors (Lipinski definition) is 4. The molecule has 0 aliphatic heterocycles. The van der Waals surface area contributed by atoms with Gasteiger partial charge < -0.3 is 4.74 Å². The number of pyridine rings is 1. The summed E-state index contributed by atoms with van der Waals surface area (Å²) >= 11 is 1.66. The Hall–Kier alpha value is -1.03. The summed E-state index contributed by atoms with van der Waals surface area (Å²) in [4.78, 5) is 16.3. The molecule has 4 heteroatoms. The molecule has 1 rings (SSSR count). The van der Waals surface area contributed by atoms with Crippen molar-refractivity contribution in [1.82, 2.24) is 4.98 Å². The lowest BCUT2D eigenvalue weighted by molar-refractivity contribution is -0.142. The van der Waals surface area contributed by atoms with Crippen molar-refractivity contribution in [2.24, 2.45) is 0 Å². The number of nitrogens with zero attached hydrogens (tertiary/aromatic N) is 1. The molecule has 0 saturated heterocycles. The molecule has 1 unspecified atom stereocenters. The van der Waals surface area contributed by atoms with E-state index in [0.29, 0.717) is 13.0 Å². The second kappa shape index (κ2) is 6.45. The Morgan fingerprint density at radius 2 is 2.20 bits per heavy atom. The number of thioether (sulfide) groups is 1. The van der Waals surface area contributed by atoms with Gasteiger partial charge in [0.1, 0.15) is 0 Å². The van der Waals surface area contributed by atoms with Crippen molar-refractivity contribution in [1.29, 1.82) is 0 Å². The Kier molecular flexibility index (Phi) is 5.18. The number of carbonyl (C=O) groups excluding carboxylic acids is 1. The van der Waals surface area contributed by atoms with Gasteiger partial charge in [-0.15, -0.1) is 11.8 Å². The summed E-state index contributed by atoms with van der Waals surface area (Å²) < 4.78 is 4.89. The molecule has 0 saturated carbocycles. The molecule has 15 heavy (non-hydrogen) atoms. The maximum atomic E-state index is 11.2. The zero-order valence-corrected chi connectivity index (χ0v) is 9.79. The molecule has 0 aliphatic carbocycles. The summed E-state index contributed by atoms with van der Waals surface area (Å²) in [5.41, 5.74) is 0. The average molecular weight is 225 g/mol. The predicted octanol–water partition coefficient (Wildman–Crippen LogP) is 2.52. The molecule has 82 valence electrons. The largest absolute Gasteiger partial charge is 0.466 e. The highest BCUT2D eigenvalue weighted by Gasteiger charge is 2.10. The van der Waals surface area contributed by atoms with E-state index in [0.717, 1.165) is 4.90 Å². The quantitative estimate of drug-likeness (QED) is 0.570. The highest BCUT2D eigenvalue weighted by molar-refractivity contribution is 8.00. The number of rotatable bonds is 5. The minimum Gasteiger partial charge on any atom is -0.466 e. The van der Waals surface area contributed by atoms with E-state index in [4.69, 9.17) is 4.74 Å². The van der Waals surface area contributed by atoms with Crippen LogP contribution in [0.2, 0.25) is 0 Å². The van der Waals surface area contributed by atoms with E-state index in [1.54, 1.807) is 24.2 Å². The lowest BCUT2D eigenvalue weighted by atomic mass is 10.3. The van der Waals surface area contributed by atoms with Crippen molar-refractivity contribution in [3.05, 3.63) is 24.5 Å². The third kappa shape index (κ3) is 4.83. The van der Waals surface area contributed by atoms with Crippen molar-refractivity contribution in [3.8, 4) is 0 Å². The molecule has 1 heterocycles. The van der Waals surface area contributed by atoms with Gasteiger partial charge >= 0.3 is 5.97 Å². The van der Waals surface area contributed by atoms with Crippen LogP contribution in [0.4, 0.5) is 0 Å². The van der Waals surface area contributed by atoms with Gasteiger partial charge in [0.25, 0.3) is 0 Å². The topological polar surface area (TPSA) is 39.2 Å². The summed E-state index contributed by atoms with van der Waals surface area (Å²) in [5, 5.41) is 0.228. The minimum absolute atomic E-state index is 0.133. The molecule has 3 nitrogen and oxygen atoms in total. The molecule has 1 atom stereocenters. The summed E-state index contributed by atoms with van der Waals surface area (Å²) in [7, 11) is 0. The predicted molar refractivity (Wildman–Crippen MR) is 60.8 cm³/mol. The molecular formula is C11H15NO2S. The Labute approximate surface area is 94.2 Å². The van der Waals surface area contributed by atoms with E-state index in [2.05, 4.69) is 4.98 Å². The lowest BCUT2D eigenvalue weighted by Gasteiger charge is -2.09. The third-order valence-electron chi connectivity index (χ3n) is 1.75. The van der Waals surface area contributed by atoms with Gasteiger partial charge in [0.2, 0.25) is 0 Å². The highest BCUT2D eigenvalue weighted by atomic mass is 32.2. The van der Waals surface area contributed by atoms with Gasteiger partial charge in [-0.2, -0.15) is 0 Å². The lowest BCUT2D eigenvalue weighted by Crippen LogP contribution is -2.10. The molecule has 0 fully saturated rings.